The van der Waals surface area contributed by atoms with Crippen molar-refractivity contribution in [3.8, 4) is 0 Å². The van der Waals surface area contributed by atoms with E-state index in [0.717, 1.165) is 42.7 Å². The van der Waals surface area contributed by atoms with Gasteiger partial charge in [0.25, 0.3) is 5.91 Å². The molecule has 0 atom stereocenters. The van der Waals surface area contributed by atoms with Crippen molar-refractivity contribution in [2.24, 2.45) is 5.92 Å². The molecule has 1 aliphatic heterocycles. The summed E-state index contributed by atoms with van der Waals surface area (Å²) in [4.78, 5) is 32.5. The number of carbonyl (C=O) groups excluding carboxylic acids is 2. The van der Waals surface area contributed by atoms with E-state index in [1.165, 1.54) is 17.6 Å². The number of anilines is 1. The maximum atomic E-state index is 12.9. The summed E-state index contributed by atoms with van der Waals surface area (Å²) in [6, 6.07) is 3.29. The van der Waals surface area contributed by atoms with Crippen LogP contribution in [0, 0.1) is 5.92 Å². The Bertz CT molecular complexity index is 748. The van der Waals surface area contributed by atoms with Crippen LogP contribution in [0.5, 0.6) is 0 Å². The van der Waals surface area contributed by atoms with Gasteiger partial charge in [0, 0.05) is 23.8 Å². The molecule has 0 unspecified atom stereocenters. The first-order valence-electron chi connectivity index (χ1n) is 9.24. The molecule has 7 heteroatoms. The van der Waals surface area contributed by atoms with Crippen LogP contribution in [-0.2, 0) is 17.8 Å². The molecule has 0 saturated carbocycles. The van der Waals surface area contributed by atoms with Crippen LogP contribution in [0.25, 0.3) is 0 Å². The van der Waals surface area contributed by atoms with Crippen LogP contribution in [0.2, 0.25) is 0 Å². The number of nitrogens with one attached hydrogen (secondary N) is 1. The topological polar surface area (TPSA) is 75.4 Å². The van der Waals surface area contributed by atoms with Gasteiger partial charge < -0.3 is 9.32 Å². The number of aromatic nitrogens is 1. The minimum absolute atomic E-state index is 0.123. The standard InChI is InChI=1S/C19H25N3O3S/c1-3-6-13(7-4-2)18(24)22-10-9-14-16(12-22)26-19(20-14)21-17(23)15-8-5-11-25-15/h5,8,11,13H,3-4,6-7,9-10,12H2,1-2H3,(H,20,21,23). The Morgan fingerprint density at radius 3 is 2.77 bits per heavy atom. The number of furan rings is 1. The lowest BCUT2D eigenvalue weighted by Gasteiger charge is -2.29. The van der Waals surface area contributed by atoms with Crippen LogP contribution in [0.1, 0.15) is 60.7 Å². The van der Waals surface area contributed by atoms with Crippen molar-refractivity contribution in [1.82, 2.24) is 9.88 Å². The van der Waals surface area contributed by atoms with Gasteiger partial charge in [0.1, 0.15) is 0 Å². The Morgan fingerprint density at radius 1 is 1.35 bits per heavy atom. The van der Waals surface area contributed by atoms with E-state index in [2.05, 4.69) is 24.1 Å². The van der Waals surface area contributed by atoms with Crippen LogP contribution >= 0.6 is 11.3 Å². The average molecular weight is 375 g/mol. The number of amides is 2. The van der Waals surface area contributed by atoms with Gasteiger partial charge in [0.2, 0.25) is 5.91 Å². The molecule has 0 aliphatic carbocycles. The number of nitrogens with zero attached hydrogens (tertiary/aromatic N) is 2. The van der Waals surface area contributed by atoms with Crippen LogP contribution in [0.15, 0.2) is 22.8 Å². The van der Waals surface area contributed by atoms with Gasteiger partial charge in [0.05, 0.1) is 18.5 Å². The molecule has 6 nitrogen and oxygen atoms in total. The van der Waals surface area contributed by atoms with Crippen molar-refractivity contribution in [3.63, 3.8) is 0 Å². The number of hydrogen-bond donors (Lipinski definition) is 1. The van der Waals surface area contributed by atoms with E-state index in [-0.39, 0.29) is 23.5 Å². The molecule has 1 aliphatic rings. The molecule has 1 N–H and O–H groups in total. The molecule has 0 saturated heterocycles. The molecule has 3 heterocycles. The molecule has 0 fully saturated rings. The van der Waals surface area contributed by atoms with Crippen molar-refractivity contribution in [2.45, 2.75) is 52.5 Å². The zero-order valence-electron chi connectivity index (χ0n) is 15.3. The fraction of sp³-hybridized carbons (Fsp3) is 0.526. The Labute approximate surface area is 157 Å². The predicted octanol–water partition coefficient (Wildman–Crippen LogP) is 4.09. The minimum Gasteiger partial charge on any atom is -0.459 e. The molecular weight excluding hydrogens is 350 g/mol. The highest BCUT2D eigenvalue weighted by atomic mass is 32.1. The first-order chi connectivity index (χ1) is 12.6. The van der Waals surface area contributed by atoms with E-state index in [1.807, 2.05) is 4.90 Å². The zero-order chi connectivity index (χ0) is 18.5. The molecule has 26 heavy (non-hydrogen) atoms. The third-order valence-electron chi connectivity index (χ3n) is 4.63. The summed E-state index contributed by atoms with van der Waals surface area (Å²) in [5, 5.41) is 3.34. The van der Waals surface area contributed by atoms with E-state index < -0.39 is 0 Å². The Morgan fingerprint density at radius 2 is 2.12 bits per heavy atom. The molecule has 2 aromatic rings. The second kappa shape index (κ2) is 8.49. The quantitative estimate of drug-likeness (QED) is 0.791. The average Bonchev–Trinajstić information content (AvgIpc) is 3.29. The van der Waals surface area contributed by atoms with Crippen LogP contribution < -0.4 is 5.32 Å². The van der Waals surface area contributed by atoms with Gasteiger partial charge in [-0.1, -0.05) is 38.0 Å². The first-order valence-corrected chi connectivity index (χ1v) is 10.1. The minimum atomic E-state index is -0.306. The van der Waals surface area contributed by atoms with Crippen molar-refractivity contribution < 1.29 is 14.0 Å². The van der Waals surface area contributed by atoms with E-state index in [0.29, 0.717) is 18.2 Å². The highest BCUT2D eigenvalue weighted by Gasteiger charge is 2.28. The number of carbonyl (C=O) groups is 2. The van der Waals surface area contributed by atoms with Crippen molar-refractivity contribution in [3.05, 3.63) is 34.7 Å². The van der Waals surface area contributed by atoms with Crippen molar-refractivity contribution in [1.29, 1.82) is 0 Å². The van der Waals surface area contributed by atoms with Crippen LogP contribution in [-0.4, -0.2) is 28.2 Å². The third-order valence-corrected chi connectivity index (χ3v) is 5.63. The molecular formula is C19H25N3O3S. The number of thiazole rings is 1. The largest absolute Gasteiger partial charge is 0.459 e. The fourth-order valence-electron chi connectivity index (χ4n) is 3.35. The Kier molecular flexibility index (Phi) is 6.08. The molecule has 2 aromatic heterocycles. The summed E-state index contributed by atoms with van der Waals surface area (Å²) in [7, 11) is 0. The lowest BCUT2D eigenvalue weighted by molar-refractivity contribution is -0.137. The second-order valence-corrected chi connectivity index (χ2v) is 7.69. The Hall–Kier alpha value is -2.15. The lowest BCUT2D eigenvalue weighted by atomic mass is 9.96. The summed E-state index contributed by atoms with van der Waals surface area (Å²) in [5.74, 6) is 0.337. The molecule has 0 spiro atoms. The summed E-state index contributed by atoms with van der Waals surface area (Å²) in [6.45, 7) is 5.54. The van der Waals surface area contributed by atoms with Crippen molar-refractivity contribution >= 4 is 28.3 Å². The first kappa shape index (κ1) is 18.6. The van der Waals surface area contributed by atoms with Gasteiger partial charge in [-0.15, -0.1) is 0 Å². The van der Waals surface area contributed by atoms with Gasteiger partial charge in [-0.3, -0.25) is 14.9 Å². The van der Waals surface area contributed by atoms with E-state index in [4.69, 9.17) is 4.42 Å². The van der Waals surface area contributed by atoms with Gasteiger partial charge in [-0.2, -0.15) is 0 Å². The molecule has 2 amide bonds. The Balaban J connectivity index is 1.66. The van der Waals surface area contributed by atoms with Crippen LogP contribution in [0.3, 0.4) is 0 Å². The van der Waals surface area contributed by atoms with Gasteiger partial charge in [0.15, 0.2) is 10.9 Å². The molecule has 0 radical (unpaired) electrons. The SMILES string of the molecule is CCCC(CCC)C(=O)N1CCc2nc(NC(=O)c3ccco3)sc2C1. The van der Waals surface area contributed by atoms with Gasteiger partial charge in [-0.05, 0) is 25.0 Å². The van der Waals surface area contributed by atoms with Gasteiger partial charge in [-0.25, -0.2) is 4.98 Å². The molecule has 3 rings (SSSR count). The number of hydrogen-bond acceptors (Lipinski definition) is 5. The smallest absolute Gasteiger partial charge is 0.293 e. The van der Waals surface area contributed by atoms with Crippen LogP contribution in [0.4, 0.5) is 5.13 Å². The van der Waals surface area contributed by atoms with E-state index in [9.17, 15) is 9.59 Å². The highest BCUT2D eigenvalue weighted by molar-refractivity contribution is 7.15. The summed E-state index contributed by atoms with van der Waals surface area (Å²) in [5.41, 5.74) is 0.983. The maximum Gasteiger partial charge on any atom is 0.293 e. The maximum absolute atomic E-state index is 12.9. The summed E-state index contributed by atoms with van der Waals surface area (Å²) < 4.78 is 5.10. The monoisotopic (exact) mass is 375 g/mol. The summed E-state index contributed by atoms with van der Waals surface area (Å²) >= 11 is 1.44. The molecule has 0 aromatic carbocycles. The van der Waals surface area contributed by atoms with E-state index in [1.54, 1.807) is 12.1 Å². The number of rotatable bonds is 7. The second-order valence-electron chi connectivity index (χ2n) is 6.60. The fourth-order valence-corrected chi connectivity index (χ4v) is 4.37. The molecule has 140 valence electrons. The predicted molar refractivity (Wildman–Crippen MR) is 101 cm³/mol. The zero-order valence-corrected chi connectivity index (χ0v) is 16.1. The van der Waals surface area contributed by atoms with E-state index >= 15 is 0 Å². The highest BCUT2D eigenvalue weighted by Crippen LogP contribution is 2.30. The lowest BCUT2D eigenvalue weighted by Crippen LogP contribution is -2.39. The third kappa shape index (κ3) is 4.15. The summed E-state index contributed by atoms with van der Waals surface area (Å²) in [6.07, 6.45) is 6.15. The normalized spacial score (nSPS) is 13.7. The van der Waals surface area contributed by atoms with Crippen molar-refractivity contribution in [2.75, 3.05) is 11.9 Å². The number of fused-ring (bicyclic) bond motifs is 1. The van der Waals surface area contributed by atoms with Gasteiger partial charge >= 0.3 is 0 Å². The molecule has 0 bridgehead atoms.